The molecular weight excluding hydrogens is 262 g/mol. The summed E-state index contributed by atoms with van der Waals surface area (Å²) in [7, 11) is -2.57. The largest absolute Gasteiger partial charge is 0.480 e. The van der Waals surface area contributed by atoms with Crippen LogP contribution in [-0.4, -0.2) is 55.2 Å². The molecule has 8 heteroatoms. The maximum absolute atomic E-state index is 12.0. The van der Waals surface area contributed by atoms with Crippen molar-refractivity contribution in [1.82, 2.24) is 4.31 Å². The average Bonchev–Trinajstić information content (AvgIpc) is 2.76. The van der Waals surface area contributed by atoms with Crippen molar-refractivity contribution in [3.05, 3.63) is 0 Å². The number of carboxylic acids is 1. The molecule has 1 N–H and O–H groups in total. The molecule has 1 fully saturated rings. The van der Waals surface area contributed by atoms with Gasteiger partial charge in [-0.15, -0.1) is 0 Å². The van der Waals surface area contributed by atoms with Crippen LogP contribution in [0, 0.1) is 5.92 Å². The molecule has 0 bridgehead atoms. The Balaban J connectivity index is 2.80. The van der Waals surface area contributed by atoms with Gasteiger partial charge in [0.15, 0.2) is 0 Å². The minimum atomic E-state index is -3.76. The predicted molar refractivity (Wildman–Crippen MR) is 62.3 cm³/mol. The van der Waals surface area contributed by atoms with Crippen LogP contribution in [0.25, 0.3) is 0 Å². The molecule has 1 aliphatic rings. The Kier molecular flexibility index (Phi) is 4.69. The van der Waals surface area contributed by atoms with Crippen molar-refractivity contribution in [1.29, 1.82) is 0 Å². The summed E-state index contributed by atoms with van der Waals surface area (Å²) in [6.45, 7) is 1.63. The first-order valence-corrected chi connectivity index (χ1v) is 7.20. The van der Waals surface area contributed by atoms with Crippen LogP contribution < -0.4 is 0 Å². The van der Waals surface area contributed by atoms with E-state index in [0.717, 1.165) is 4.31 Å². The number of carbonyl (C=O) groups is 2. The summed E-state index contributed by atoms with van der Waals surface area (Å²) in [5, 5.41) is 8.94. The molecule has 0 aromatic heterocycles. The van der Waals surface area contributed by atoms with Gasteiger partial charge in [0, 0.05) is 6.54 Å². The van der Waals surface area contributed by atoms with Gasteiger partial charge < -0.3 is 9.84 Å². The molecule has 1 aliphatic heterocycles. The molecule has 0 spiro atoms. The van der Waals surface area contributed by atoms with E-state index in [1.165, 1.54) is 14.0 Å². The second-order valence-electron chi connectivity index (χ2n) is 4.31. The highest BCUT2D eigenvalue weighted by Crippen LogP contribution is 2.22. The molecule has 0 saturated carbocycles. The lowest BCUT2D eigenvalue weighted by molar-refractivity contribution is -0.144. The predicted octanol–water partition coefficient (Wildman–Crippen LogP) is -0.326. The molecule has 2 unspecified atom stereocenters. The molecule has 0 aliphatic carbocycles. The van der Waals surface area contributed by atoms with Gasteiger partial charge in [0.25, 0.3) is 0 Å². The molecule has 1 rings (SSSR count). The number of carboxylic acid groups (broad SMARTS) is 1. The summed E-state index contributed by atoms with van der Waals surface area (Å²) in [5.74, 6) is -3.01. The zero-order valence-electron chi connectivity index (χ0n) is 10.3. The average molecular weight is 279 g/mol. The van der Waals surface area contributed by atoms with Crippen molar-refractivity contribution in [2.45, 2.75) is 25.8 Å². The molecule has 0 amide bonds. The Morgan fingerprint density at radius 3 is 2.61 bits per heavy atom. The third-order valence-electron chi connectivity index (χ3n) is 2.91. The lowest BCUT2D eigenvalue weighted by Crippen LogP contribution is -2.43. The van der Waals surface area contributed by atoms with Gasteiger partial charge in [-0.3, -0.25) is 9.59 Å². The first-order valence-electron chi connectivity index (χ1n) is 5.59. The summed E-state index contributed by atoms with van der Waals surface area (Å²) in [4.78, 5) is 22.1. The van der Waals surface area contributed by atoms with Gasteiger partial charge in [0.05, 0.1) is 18.8 Å². The zero-order chi connectivity index (χ0) is 13.9. The Morgan fingerprint density at radius 1 is 1.50 bits per heavy atom. The highest BCUT2D eigenvalue weighted by atomic mass is 32.2. The summed E-state index contributed by atoms with van der Waals surface area (Å²) in [6, 6.07) is -1.01. The first-order chi connectivity index (χ1) is 8.29. The van der Waals surface area contributed by atoms with Crippen molar-refractivity contribution in [3.63, 3.8) is 0 Å². The van der Waals surface area contributed by atoms with Gasteiger partial charge in [-0.05, 0) is 12.8 Å². The van der Waals surface area contributed by atoms with E-state index in [1.54, 1.807) is 0 Å². The topological polar surface area (TPSA) is 101 Å². The maximum atomic E-state index is 12.0. The normalized spacial score (nSPS) is 22.7. The minimum Gasteiger partial charge on any atom is -0.480 e. The lowest BCUT2D eigenvalue weighted by atomic mass is 10.2. The Bertz CT molecular complexity index is 432. The van der Waals surface area contributed by atoms with E-state index >= 15 is 0 Å². The maximum Gasteiger partial charge on any atom is 0.322 e. The van der Waals surface area contributed by atoms with Gasteiger partial charge in [-0.2, -0.15) is 4.31 Å². The van der Waals surface area contributed by atoms with Crippen LogP contribution >= 0.6 is 0 Å². The number of carbonyl (C=O) groups excluding carboxylic acids is 1. The second kappa shape index (κ2) is 5.66. The molecular formula is C10H17NO6S. The fraction of sp³-hybridized carbons (Fsp3) is 0.800. The highest BCUT2D eigenvalue weighted by molar-refractivity contribution is 7.89. The highest BCUT2D eigenvalue weighted by Gasteiger charge is 2.39. The number of aliphatic carboxylic acids is 1. The van der Waals surface area contributed by atoms with Crippen LogP contribution in [0.5, 0.6) is 0 Å². The molecule has 18 heavy (non-hydrogen) atoms. The fourth-order valence-corrected chi connectivity index (χ4v) is 3.95. The van der Waals surface area contributed by atoms with Crippen LogP contribution in [-0.2, 0) is 24.3 Å². The SMILES string of the molecule is COC(=O)C(C)CS(=O)(=O)N1CCCC1C(=O)O. The summed E-state index contributed by atoms with van der Waals surface area (Å²) in [5.41, 5.74) is 0. The molecule has 1 heterocycles. The van der Waals surface area contributed by atoms with Crippen molar-refractivity contribution in [2.24, 2.45) is 5.92 Å². The van der Waals surface area contributed by atoms with Gasteiger partial charge in [0.1, 0.15) is 6.04 Å². The molecule has 7 nitrogen and oxygen atoms in total. The first kappa shape index (κ1) is 14.9. The zero-order valence-corrected chi connectivity index (χ0v) is 11.1. The number of esters is 1. The van der Waals surface area contributed by atoms with E-state index in [2.05, 4.69) is 4.74 Å². The van der Waals surface area contributed by atoms with Crippen molar-refractivity contribution in [2.75, 3.05) is 19.4 Å². The van der Waals surface area contributed by atoms with E-state index < -0.39 is 39.7 Å². The van der Waals surface area contributed by atoms with E-state index in [-0.39, 0.29) is 6.54 Å². The van der Waals surface area contributed by atoms with Crippen LogP contribution in [0.15, 0.2) is 0 Å². The van der Waals surface area contributed by atoms with Crippen LogP contribution in [0.1, 0.15) is 19.8 Å². The number of hydrogen-bond acceptors (Lipinski definition) is 5. The van der Waals surface area contributed by atoms with Crippen molar-refractivity contribution >= 4 is 22.0 Å². The fourth-order valence-electron chi connectivity index (χ4n) is 2.00. The van der Waals surface area contributed by atoms with Crippen LogP contribution in [0.2, 0.25) is 0 Å². The smallest absolute Gasteiger partial charge is 0.322 e. The molecule has 2 atom stereocenters. The number of methoxy groups -OCH3 is 1. The Hall–Kier alpha value is -1.15. The minimum absolute atomic E-state index is 0.188. The van der Waals surface area contributed by atoms with E-state index in [0.29, 0.717) is 12.8 Å². The van der Waals surface area contributed by atoms with E-state index in [1.807, 2.05) is 0 Å². The van der Waals surface area contributed by atoms with Crippen molar-refractivity contribution in [3.8, 4) is 0 Å². The molecule has 1 saturated heterocycles. The van der Waals surface area contributed by atoms with Gasteiger partial charge in [-0.1, -0.05) is 6.92 Å². The van der Waals surface area contributed by atoms with E-state index in [4.69, 9.17) is 5.11 Å². The van der Waals surface area contributed by atoms with Gasteiger partial charge in [-0.25, -0.2) is 8.42 Å². The van der Waals surface area contributed by atoms with E-state index in [9.17, 15) is 18.0 Å². The number of sulfonamides is 1. The van der Waals surface area contributed by atoms with Crippen LogP contribution in [0.3, 0.4) is 0 Å². The molecule has 0 aromatic carbocycles. The van der Waals surface area contributed by atoms with Crippen molar-refractivity contribution < 1.29 is 27.9 Å². The summed E-state index contributed by atoms with van der Waals surface area (Å²) < 4.78 is 29.5. The molecule has 0 aromatic rings. The third kappa shape index (κ3) is 3.20. The number of ether oxygens (including phenoxy) is 1. The number of rotatable bonds is 5. The standard InChI is InChI=1S/C10H17NO6S/c1-7(10(14)17-2)6-18(15,16)11-5-3-4-8(11)9(12)13/h7-8H,3-6H2,1-2H3,(H,12,13). The van der Waals surface area contributed by atoms with Gasteiger partial charge >= 0.3 is 11.9 Å². The van der Waals surface area contributed by atoms with Gasteiger partial charge in [0.2, 0.25) is 10.0 Å². The molecule has 104 valence electrons. The third-order valence-corrected chi connectivity index (χ3v) is 4.98. The lowest BCUT2D eigenvalue weighted by Gasteiger charge is -2.22. The van der Waals surface area contributed by atoms with Crippen LogP contribution in [0.4, 0.5) is 0 Å². The summed E-state index contributed by atoms with van der Waals surface area (Å²) in [6.07, 6.45) is 0.823. The number of nitrogens with zero attached hydrogens (tertiary/aromatic N) is 1. The Morgan fingerprint density at radius 2 is 2.11 bits per heavy atom. The number of hydrogen-bond donors (Lipinski definition) is 1. The molecule has 0 radical (unpaired) electrons. The second-order valence-corrected chi connectivity index (χ2v) is 6.28. The Labute approximate surface area is 106 Å². The monoisotopic (exact) mass is 279 g/mol. The quantitative estimate of drug-likeness (QED) is 0.692. The summed E-state index contributed by atoms with van der Waals surface area (Å²) >= 11 is 0.